The molecule has 4 heteroatoms. The maximum atomic E-state index is 12.2. The van der Waals surface area contributed by atoms with Gasteiger partial charge in [0.1, 0.15) is 11.1 Å². The highest BCUT2D eigenvalue weighted by Gasteiger charge is 2.11. The lowest BCUT2D eigenvalue weighted by atomic mass is 10.1. The molecule has 0 aliphatic carbocycles. The van der Waals surface area contributed by atoms with E-state index in [4.69, 9.17) is 4.42 Å². The van der Waals surface area contributed by atoms with Crippen molar-refractivity contribution in [3.05, 3.63) is 65.0 Å². The van der Waals surface area contributed by atoms with Crippen molar-refractivity contribution in [1.82, 2.24) is 4.98 Å². The fourth-order valence-electron chi connectivity index (χ4n) is 2.85. The summed E-state index contributed by atoms with van der Waals surface area (Å²) in [4.78, 5) is 17.4. The van der Waals surface area contributed by atoms with E-state index in [0.717, 1.165) is 27.7 Å². The van der Waals surface area contributed by atoms with E-state index in [1.807, 2.05) is 56.6 Å². The summed E-state index contributed by atoms with van der Waals surface area (Å²) in [5.74, 6) is 0. The zero-order valence-corrected chi connectivity index (χ0v) is 13.0. The van der Waals surface area contributed by atoms with Gasteiger partial charge in [0.15, 0.2) is 0 Å². The molecule has 0 spiro atoms. The van der Waals surface area contributed by atoms with E-state index in [9.17, 15) is 4.79 Å². The van der Waals surface area contributed by atoms with Crippen molar-refractivity contribution in [2.75, 3.05) is 19.0 Å². The number of benzene rings is 2. The highest BCUT2D eigenvalue weighted by atomic mass is 16.4. The molecule has 0 saturated carbocycles. The average Bonchev–Trinajstić information content (AvgIpc) is 3.01. The first-order valence-corrected chi connectivity index (χ1v) is 7.46. The van der Waals surface area contributed by atoms with Gasteiger partial charge in [0.05, 0.1) is 0 Å². The van der Waals surface area contributed by atoms with E-state index >= 15 is 0 Å². The largest absolute Gasteiger partial charge is 0.421 e. The molecule has 1 N–H and O–H groups in total. The smallest absolute Gasteiger partial charge is 0.360 e. The van der Waals surface area contributed by atoms with Gasteiger partial charge in [-0.3, -0.25) is 0 Å². The van der Waals surface area contributed by atoms with Crippen LogP contribution in [0.3, 0.4) is 0 Å². The van der Waals surface area contributed by atoms with Crippen LogP contribution in [0.1, 0.15) is 0 Å². The van der Waals surface area contributed by atoms with Gasteiger partial charge in [-0.2, -0.15) is 0 Å². The Kier molecular flexibility index (Phi) is 2.98. The van der Waals surface area contributed by atoms with Crippen LogP contribution in [-0.2, 0) is 0 Å². The first-order chi connectivity index (χ1) is 11.1. The molecule has 0 bridgehead atoms. The number of fused-ring (bicyclic) bond motifs is 3. The molecule has 0 saturated heterocycles. The first-order valence-electron chi connectivity index (χ1n) is 7.46. The van der Waals surface area contributed by atoms with Gasteiger partial charge in [-0.25, -0.2) is 4.79 Å². The van der Waals surface area contributed by atoms with Crippen LogP contribution in [0, 0.1) is 0 Å². The van der Waals surface area contributed by atoms with Crippen LogP contribution in [-0.4, -0.2) is 19.1 Å². The van der Waals surface area contributed by atoms with Crippen molar-refractivity contribution in [3.63, 3.8) is 0 Å². The van der Waals surface area contributed by atoms with Gasteiger partial charge in [0.25, 0.3) is 0 Å². The molecule has 0 radical (unpaired) electrons. The topological polar surface area (TPSA) is 49.2 Å². The Labute approximate surface area is 133 Å². The number of anilines is 1. The van der Waals surface area contributed by atoms with Crippen molar-refractivity contribution in [2.45, 2.75) is 0 Å². The molecule has 2 heterocycles. The van der Waals surface area contributed by atoms with Crippen LogP contribution >= 0.6 is 0 Å². The van der Waals surface area contributed by atoms with E-state index in [1.165, 1.54) is 0 Å². The Bertz CT molecular complexity index is 1060. The predicted octanol–water partition coefficient (Wildman–Crippen LogP) is 4.01. The van der Waals surface area contributed by atoms with Crippen LogP contribution in [0.2, 0.25) is 0 Å². The Hall–Kier alpha value is -3.01. The Morgan fingerprint density at radius 2 is 1.70 bits per heavy atom. The standard InChI is InChI=1S/C19H16N2O2/c1-21(2)13-9-7-12(8-10-13)16-11-15-14-5-3-4-6-17(14)23-19(22)18(15)20-16/h3-11,20H,1-2H3. The fraction of sp³-hybridized carbons (Fsp3) is 0.105. The fourth-order valence-corrected chi connectivity index (χ4v) is 2.85. The number of nitrogens with one attached hydrogen (secondary N) is 1. The van der Waals surface area contributed by atoms with Gasteiger partial charge in [-0.05, 0) is 29.8 Å². The minimum Gasteiger partial charge on any atom is -0.421 e. The third kappa shape index (κ3) is 2.19. The van der Waals surface area contributed by atoms with Crippen molar-refractivity contribution in [2.24, 2.45) is 0 Å². The summed E-state index contributed by atoms with van der Waals surface area (Å²) in [5.41, 5.74) is 3.86. The summed E-state index contributed by atoms with van der Waals surface area (Å²) in [5, 5.41) is 1.83. The number of H-pyrrole nitrogens is 1. The molecular weight excluding hydrogens is 288 g/mol. The number of nitrogens with zero attached hydrogens (tertiary/aromatic N) is 1. The van der Waals surface area contributed by atoms with Crippen molar-refractivity contribution < 1.29 is 4.42 Å². The minimum atomic E-state index is -0.338. The second-order valence-electron chi connectivity index (χ2n) is 5.80. The lowest BCUT2D eigenvalue weighted by Crippen LogP contribution is -2.07. The van der Waals surface area contributed by atoms with Crippen LogP contribution < -0.4 is 10.5 Å². The molecule has 114 valence electrons. The van der Waals surface area contributed by atoms with Crippen LogP contribution in [0.25, 0.3) is 33.1 Å². The molecule has 4 aromatic rings. The third-order valence-electron chi connectivity index (χ3n) is 4.10. The monoisotopic (exact) mass is 304 g/mol. The molecule has 23 heavy (non-hydrogen) atoms. The normalized spacial score (nSPS) is 11.2. The maximum Gasteiger partial charge on any atom is 0.360 e. The molecule has 0 atom stereocenters. The zero-order chi connectivity index (χ0) is 16.0. The zero-order valence-electron chi connectivity index (χ0n) is 13.0. The van der Waals surface area contributed by atoms with Crippen molar-refractivity contribution >= 4 is 27.6 Å². The van der Waals surface area contributed by atoms with E-state index in [2.05, 4.69) is 22.0 Å². The molecule has 0 aliphatic rings. The van der Waals surface area contributed by atoms with E-state index in [1.54, 1.807) is 0 Å². The summed E-state index contributed by atoms with van der Waals surface area (Å²) in [6, 6.07) is 17.8. The van der Waals surface area contributed by atoms with E-state index in [0.29, 0.717) is 11.1 Å². The highest BCUT2D eigenvalue weighted by Crippen LogP contribution is 2.28. The second kappa shape index (κ2) is 5.02. The number of para-hydroxylation sites is 1. The number of hydrogen-bond donors (Lipinski definition) is 1. The molecule has 2 aromatic heterocycles. The minimum absolute atomic E-state index is 0.338. The Balaban J connectivity index is 1.93. The van der Waals surface area contributed by atoms with Gasteiger partial charge in [-0.15, -0.1) is 0 Å². The predicted molar refractivity (Wildman–Crippen MR) is 94.1 cm³/mol. The molecule has 4 rings (SSSR count). The van der Waals surface area contributed by atoms with Crippen LogP contribution in [0.15, 0.2) is 63.8 Å². The Morgan fingerprint density at radius 3 is 2.43 bits per heavy atom. The summed E-state index contributed by atoms with van der Waals surface area (Å²) in [6.45, 7) is 0. The number of hydrogen-bond acceptors (Lipinski definition) is 3. The molecule has 2 aromatic carbocycles. The van der Waals surface area contributed by atoms with Crippen LogP contribution in [0.5, 0.6) is 0 Å². The van der Waals surface area contributed by atoms with Crippen molar-refractivity contribution in [1.29, 1.82) is 0 Å². The van der Waals surface area contributed by atoms with Gasteiger partial charge in [0.2, 0.25) is 0 Å². The lowest BCUT2D eigenvalue weighted by molar-refractivity contribution is 0.568. The quantitative estimate of drug-likeness (QED) is 0.569. The summed E-state index contributed by atoms with van der Waals surface area (Å²) >= 11 is 0. The third-order valence-corrected chi connectivity index (χ3v) is 4.10. The second-order valence-corrected chi connectivity index (χ2v) is 5.80. The SMILES string of the molecule is CN(C)c1ccc(-c2cc3c([nH]2)c(=O)oc2ccccc23)cc1. The van der Waals surface area contributed by atoms with Crippen LogP contribution in [0.4, 0.5) is 5.69 Å². The van der Waals surface area contributed by atoms with E-state index < -0.39 is 0 Å². The number of rotatable bonds is 2. The first kappa shape index (κ1) is 13.6. The Morgan fingerprint density at radius 1 is 0.957 bits per heavy atom. The average molecular weight is 304 g/mol. The highest BCUT2D eigenvalue weighted by molar-refractivity contribution is 6.05. The number of aromatic nitrogens is 1. The van der Waals surface area contributed by atoms with Gasteiger partial charge in [-0.1, -0.05) is 30.3 Å². The molecule has 0 fully saturated rings. The van der Waals surface area contributed by atoms with Gasteiger partial charge in [0, 0.05) is 36.2 Å². The molecular formula is C19H16N2O2. The number of aromatic amines is 1. The van der Waals surface area contributed by atoms with E-state index in [-0.39, 0.29) is 5.63 Å². The summed E-state index contributed by atoms with van der Waals surface area (Å²) < 4.78 is 5.38. The summed E-state index contributed by atoms with van der Waals surface area (Å²) in [7, 11) is 4.02. The lowest BCUT2D eigenvalue weighted by Gasteiger charge is -2.12. The molecule has 0 aliphatic heterocycles. The molecule has 0 unspecified atom stereocenters. The summed E-state index contributed by atoms with van der Waals surface area (Å²) in [6.07, 6.45) is 0. The van der Waals surface area contributed by atoms with Gasteiger partial charge < -0.3 is 14.3 Å². The molecule has 0 amide bonds. The van der Waals surface area contributed by atoms with Crippen molar-refractivity contribution in [3.8, 4) is 11.3 Å². The molecule has 4 nitrogen and oxygen atoms in total. The maximum absolute atomic E-state index is 12.2. The van der Waals surface area contributed by atoms with Gasteiger partial charge >= 0.3 is 5.63 Å².